The van der Waals surface area contributed by atoms with Crippen molar-refractivity contribution >= 4 is 16.8 Å². The smallest absolute Gasteiger partial charge is 0.261 e. The van der Waals surface area contributed by atoms with Crippen molar-refractivity contribution in [1.82, 2.24) is 14.5 Å². The van der Waals surface area contributed by atoms with Crippen molar-refractivity contribution in [3.8, 4) is 0 Å². The number of fused-ring (bicyclic) bond motifs is 1. The third-order valence-electron chi connectivity index (χ3n) is 4.27. The van der Waals surface area contributed by atoms with E-state index in [4.69, 9.17) is 5.73 Å². The number of rotatable bonds is 4. The van der Waals surface area contributed by atoms with E-state index < -0.39 is 0 Å². The van der Waals surface area contributed by atoms with Gasteiger partial charge in [0.2, 0.25) is 5.91 Å². The van der Waals surface area contributed by atoms with Gasteiger partial charge in [0.05, 0.1) is 17.2 Å². The molecular formula is C16H20N4O2. The first-order chi connectivity index (χ1) is 10.7. The molecule has 2 heterocycles. The number of amides is 1. The maximum Gasteiger partial charge on any atom is 0.261 e. The summed E-state index contributed by atoms with van der Waals surface area (Å²) in [5.74, 6) is 0.0630. The van der Waals surface area contributed by atoms with E-state index >= 15 is 0 Å². The summed E-state index contributed by atoms with van der Waals surface area (Å²) in [5, 5.41) is 0.582. The highest BCUT2D eigenvalue weighted by atomic mass is 16.2. The van der Waals surface area contributed by atoms with E-state index in [1.165, 1.54) is 10.9 Å². The number of hydrogen-bond acceptors (Lipinski definition) is 4. The van der Waals surface area contributed by atoms with Crippen molar-refractivity contribution in [3.05, 3.63) is 40.9 Å². The van der Waals surface area contributed by atoms with Crippen LogP contribution in [0.5, 0.6) is 0 Å². The topological polar surface area (TPSA) is 81.2 Å². The number of benzene rings is 1. The summed E-state index contributed by atoms with van der Waals surface area (Å²) < 4.78 is 1.51. The molecule has 0 bridgehead atoms. The number of carbonyl (C=O) groups is 1. The summed E-state index contributed by atoms with van der Waals surface area (Å²) in [6, 6.07) is 7.38. The second kappa shape index (κ2) is 6.27. The molecule has 1 aliphatic heterocycles. The normalized spacial score (nSPS) is 18.0. The Kier molecular flexibility index (Phi) is 4.20. The number of aromatic nitrogens is 2. The average Bonchev–Trinajstić information content (AvgIpc) is 3.03. The fourth-order valence-corrected chi connectivity index (χ4v) is 3.03. The second-order valence-electron chi connectivity index (χ2n) is 5.63. The van der Waals surface area contributed by atoms with Crippen LogP contribution in [0.1, 0.15) is 19.3 Å². The molecule has 0 radical (unpaired) electrons. The molecule has 1 amide bonds. The number of nitrogens with zero attached hydrogens (tertiary/aromatic N) is 3. The zero-order valence-electron chi connectivity index (χ0n) is 12.4. The minimum atomic E-state index is -0.102. The van der Waals surface area contributed by atoms with Gasteiger partial charge in [0.15, 0.2) is 0 Å². The van der Waals surface area contributed by atoms with Crippen molar-refractivity contribution in [3.63, 3.8) is 0 Å². The lowest BCUT2D eigenvalue weighted by molar-refractivity contribution is -0.132. The first-order valence-corrected chi connectivity index (χ1v) is 7.64. The van der Waals surface area contributed by atoms with Gasteiger partial charge in [-0.15, -0.1) is 0 Å². The molecule has 1 atom stereocenters. The number of aryl methyl sites for hydroxylation is 1. The third-order valence-corrected chi connectivity index (χ3v) is 4.27. The van der Waals surface area contributed by atoms with E-state index in [2.05, 4.69) is 4.98 Å². The predicted molar refractivity (Wildman–Crippen MR) is 84.4 cm³/mol. The molecular weight excluding hydrogens is 280 g/mol. The van der Waals surface area contributed by atoms with Gasteiger partial charge in [0.1, 0.15) is 0 Å². The van der Waals surface area contributed by atoms with Crippen LogP contribution in [-0.4, -0.2) is 39.5 Å². The van der Waals surface area contributed by atoms with Gasteiger partial charge in [-0.1, -0.05) is 12.1 Å². The molecule has 2 N–H and O–H groups in total. The molecule has 1 aromatic carbocycles. The molecule has 1 unspecified atom stereocenters. The van der Waals surface area contributed by atoms with E-state index in [9.17, 15) is 9.59 Å². The van der Waals surface area contributed by atoms with Gasteiger partial charge < -0.3 is 10.6 Å². The molecule has 0 aliphatic carbocycles. The first-order valence-electron chi connectivity index (χ1n) is 7.64. The summed E-state index contributed by atoms with van der Waals surface area (Å²) >= 11 is 0. The Morgan fingerprint density at radius 2 is 2.18 bits per heavy atom. The number of likely N-dealkylation sites (tertiary alicyclic amines) is 1. The quantitative estimate of drug-likeness (QED) is 0.903. The lowest BCUT2D eigenvalue weighted by atomic mass is 10.2. The zero-order chi connectivity index (χ0) is 15.5. The highest BCUT2D eigenvalue weighted by molar-refractivity contribution is 5.78. The van der Waals surface area contributed by atoms with Crippen LogP contribution in [0.3, 0.4) is 0 Å². The van der Waals surface area contributed by atoms with Crippen molar-refractivity contribution < 1.29 is 4.79 Å². The Morgan fingerprint density at radius 1 is 1.36 bits per heavy atom. The summed E-state index contributed by atoms with van der Waals surface area (Å²) in [4.78, 5) is 30.8. The molecule has 6 heteroatoms. The summed E-state index contributed by atoms with van der Waals surface area (Å²) in [5.41, 5.74) is 6.27. The van der Waals surface area contributed by atoms with E-state index in [0.717, 1.165) is 19.4 Å². The van der Waals surface area contributed by atoms with E-state index in [-0.39, 0.29) is 17.5 Å². The lowest BCUT2D eigenvalue weighted by Gasteiger charge is -2.23. The highest BCUT2D eigenvalue weighted by Gasteiger charge is 2.27. The minimum absolute atomic E-state index is 0.0630. The molecule has 0 spiro atoms. The maximum absolute atomic E-state index is 12.4. The van der Waals surface area contributed by atoms with Crippen molar-refractivity contribution in [2.75, 3.05) is 13.1 Å². The molecule has 1 aromatic heterocycles. The van der Waals surface area contributed by atoms with Gasteiger partial charge in [0, 0.05) is 32.1 Å². The van der Waals surface area contributed by atoms with Gasteiger partial charge in [-0.3, -0.25) is 14.2 Å². The summed E-state index contributed by atoms with van der Waals surface area (Å²) in [6.45, 7) is 1.62. The van der Waals surface area contributed by atoms with E-state index in [1.807, 2.05) is 23.1 Å². The Labute approximate surface area is 128 Å². The van der Waals surface area contributed by atoms with Crippen LogP contribution in [0, 0.1) is 0 Å². The Bertz CT molecular complexity index is 740. The number of carbonyl (C=O) groups excluding carboxylic acids is 1. The van der Waals surface area contributed by atoms with E-state index in [0.29, 0.717) is 30.4 Å². The molecule has 3 rings (SSSR count). The van der Waals surface area contributed by atoms with Gasteiger partial charge >= 0.3 is 0 Å². The molecule has 1 aliphatic rings. The number of para-hydroxylation sites is 1. The Balaban J connectivity index is 1.73. The zero-order valence-corrected chi connectivity index (χ0v) is 12.4. The highest BCUT2D eigenvalue weighted by Crippen LogP contribution is 2.17. The summed E-state index contributed by atoms with van der Waals surface area (Å²) in [6.07, 6.45) is 3.80. The molecule has 2 aromatic rings. The van der Waals surface area contributed by atoms with E-state index in [1.54, 1.807) is 6.07 Å². The molecule has 0 saturated carbocycles. The second-order valence-corrected chi connectivity index (χ2v) is 5.63. The fourth-order valence-electron chi connectivity index (χ4n) is 3.03. The lowest BCUT2D eigenvalue weighted by Crippen LogP contribution is -2.40. The molecule has 116 valence electrons. The maximum atomic E-state index is 12.4. The monoisotopic (exact) mass is 300 g/mol. The van der Waals surface area contributed by atoms with Gasteiger partial charge in [-0.05, 0) is 25.0 Å². The number of nitrogens with two attached hydrogens (primary N) is 1. The van der Waals surface area contributed by atoms with Crippen LogP contribution in [0.15, 0.2) is 35.4 Å². The van der Waals surface area contributed by atoms with Crippen LogP contribution >= 0.6 is 0 Å². The average molecular weight is 300 g/mol. The third kappa shape index (κ3) is 2.74. The van der Waals surface area contributed by atoms with Gasteiger partial charge in [-0.2, -0.15) is 0 Å². The van der Waals surface area contributed by atoms with Crippen LogP contribution in [0.4, 0.5) is 0 Å². The molecule has 1 saturated heterocycles. The van der Waals surface area contributed by atoms with Crippen LogP contribution in [0.25, 0.3) is 10.9 Å². The van der Waals surface area contributed by atoms with Crippen molar-refractivity contribution in [1.29, 1.82) is 0 Å². The SMILES string of the molecule is NCC1CCCN1C(=O)CCn1cnc2ccccc2c1=O. The fraction of sp³-hybridized carbons (Fsp3) is 0.438. The standard InChI is InChI=1S/C16H20N4O2/c17-10-12-4-3-8-20(12)15(21)7-9-19-11-18-14-6-2-1-5-13(14)16(19)22/h1-2,5-6,11-12H,3-4,7-10,17H2. The first kappa shape index (κ1) is 14.7. The number of hydrogen-bond donors (Lipinski definition) is 1. The van der Waals surface area contributed by atoms with Crippen LogP contribution < -0.4 is 11.3 Å². The molecule has 6 nitrogen and oxygen atoms in total. The molecule has 1 fully saturated rings. The Morgan fingerprint density at radius 3 is 3.00 bits per heavy atom. The predicted octanol–water partition coefficient (Wildman–Crippen LogP) is 0.736. The van der Waals surface area contributed by atoms with Gasteiger partial charge in [-0.25, -0.2) is 4.98 Å². The summed E-state index contributed by atoms with van der Waals surface area (Å²) in [7, 11) is 0. The minimum Gasteiger partial charge on any atom is -0.338 e. The van der Waals surface area contributed by atoms with Crippen molar-refractivity contribution in [2.24, 2.45) is 5.73 Å². The van der Waals surface area contributed by atoms with Crippen LogP contribution in [-0.2, 0) is 11.3 Å². The van der Waals surface area contributed by atoms with Crippen LogP contribution in [0.2, 0.25) is 0 Å². The molecule has 22 heavy (non-hydrogen) atoms. The largest absolute Gasteiger partial charge is 0.338 e. The van der Waals surface area contributed by atoms with Crippen molar-refractivity contribution in [2.45, 2.75) is 31.8 Å². The van der Waals surface area contributed by atoms with Gasteiger partial charge in [0.25, 0.3) is 5.56 Å². The Hall–Kier alpha value is -2.21.